The van der Waals surface area contributed by atoms with E-state index in [4.69, 9.17) is 4.74 Å². The summed E-state index contributed by atoms with van der Waals surface area (Å²) >= 11 is 0. The molecule has 9 nitrogen and oxygen atoms in total. The third kappa shape index (κ3) is 9.44. The first-order valence-electron chi connectivity index (χ1n) is 16.9. The molecule has 0 radical (unpaired) electrons. The molecule has 1 aliphatic heterocycles. The predicted octanol–water partition coefficient (Wildman–Crippen LogP) is 5.38. The van der Waals surface area contributed by atoms with Crippen molar-refractivity contribution in [1.29, 1.82) is 0 Å². The Kier molecular flexibility index (Phi) is 12.8. The van der Waals surface area contributed by atoms with Crippen LogP contribution >= 0.6 is 0 Å². The zero-order valence-electron chi connectivity index (χ0n) is 27.6. The molecule has 1 fully saturated rings. The molecule has 1 aliphatic rings. The van der Waals surface area contributed by atoms with E-state index in [0.717, 1.165) is 54.1 Å². The maximum atomic E-state index is 14.0. The number of carbonyl (C=O) groups excluding carboxylic acids is 4. The highest BCUT2D eigenvalue weighted by molar-refractivity contribution is 5.95. The van der Waals surface area contributed by atoms with E-state index >= 15 is 0 Å². The fraction of sp³-hybridized carbons (Fsp3) is 0.514. The molecule has 0 bridgehead atoms. The topological polar surface area (TPSA) is 129 Å². The Bertz CT molecular complexity index is 1450. The highest BCUT2D eigenvalue weighted by atomic mass is 16.5. The smallest absolute Gasteiger partial charge is 0.329 e. The lowest BCUT2D eigenvalue weighted by molar-refractivity contribution is -0.158. The summed E-state index contributed by atoms with van der Waals surface area (Å²) in [5.74, 6) is -2.18. The first-order valence-corrected chi connectivity index (χ1v) is 16.9. The molecule has 2 aromatic carbocycles. The number of unbranched alkanes of at least 4 members (excludes halogenated alkanes) is 3. The van der Waals surface area contributed by atoms with Crippen LogP contribution in [0.5, 0.6) is 0 Å². The van der Waals surface area contributed by atoms with E-state index in [-0.39, 0.29) is 37.0 Å². The van der Waals surface area contributed by atoms with Gasteiger partial charge in [-0.25, -0.2) is 4.79 Å². The van der Waals surface area contributed by atoms with Gasteiger partial charge in [-0.2, -0.15) is 0 Å². The van der Waals surface area contributed by atoms with E-state index < -0.39 is 42.0 Å². The zero-order valence-corrected chi connectivity index (χ0v) is 27.6. The van der Waals surface area contributed by atoms with Crippen molar-refractivity contribution in [3.63, 3.8) is 0 Å². The number of rotatable bonds is 12. The molecule has 1 aromatic heterocycles. The van der Waals surface area contributed by atoms with Crippen LogP contribution in [0.1, 0.15) is 83.8 Å². The van der Waals surface area contributed by atoms with Crippen molar-refractivity contribution in [2.24, 2.45) is 11.8 Å². The van der Waals surface area contributed by atoms with Gasteiger partial charge in [0.1, 0.15) is 24.2 Å². The van der Waals surface area contributed by atoms with Crippen LogP contribution in [0.25, 0.3) is 10.9 Å². The Balaban J connectivity index is 1.68. The zero-order chi connectivity index (χ0) is 33.1. The number of ether oxygens (including phenoxy) is 1. The number of nitrogens with one attached hydrogen (secondary N) is 4. The fourth-order valence-electron chi connectivity index (χ4n) is 6.08. The van der Waals surface area contributed by atoms with Gasteiger partial charge >= 0.3 is 5.97 Å². The van der Waals surface area contributed by atoms with Crippen LogP contribution in [0.4, 0.5) is 0 Å². The number of esters is 1. The number of aromatic amines is 1. The van der Waals surface area contributed by atoms with Crippen LogP contribution in [-0.4, -0.2) is 52.9 Å². The molecule has 4 N–H and O–H groups in total. The molecule has 3 amide bonds. The highest BCUT2D eigenvalue weighted by Crippen LogP contribution is 2.23. The number of para-hydroxylation sites is 1. The second kappa shape index (κ2) is 17.0. The number of H-pyrrole nitrogens is 1. The average Bonchev–Trinajstić information content (AvgIpc) is 3.46. The number of benzene rings is 2. The minimum Gasteiger partial charge on any atom is -0.460 e. The Morgan fingerprint density at radius 3 is 2.22 bits per heavy atom. The SMILES string of the molecule is CCCCCCC(C)C1CC(=O)N[C@@H](Cc2c[nH]c3ccccc23)C(=O)N[C@@H](Cc2ccccc2)C(=O)N[C@H]([C@H](C)CC)C(=O)O1. The van der Waals surface area contributed by atoms with Crippen LogP contribution < -0.4 is 16.0 Å². The first-order chi connectivity index (χ1) is 22.2. The number of hydrogen-bond donors (Lipinski definition) is 4. The Hall–Kier alpha value is -4.14. The largest absolute Gasteiger partial charge is 0.460 e. The van der Waals surface area contributed by atoms with Gasteiger partial charge in [-0.1, -0.05) is 108 Å². The minimum atomic E-state index is -0.981. The van der Waals surface area contributed by atoms with Crippen LogP contribution in [-0.2, 0) is 36.8 Å². The quantitative estimate of drug-likeness (QED) is 0.158. The van der Waals surface area contributed by atoms with Crippen molar-refractivity contribution in [2.75, 3.05) is 0 Å². The van der Waals surface area contributed by atoms with Gasteiger partial charge in [0.05, 0.1) is 6.42 Å². The van der Waals surface area contributed by atoms with E-state index in [9.17, 15) is 19.2 Å². The van der Waals surface area contributed by atoms with Gasteiger partial charge in [-0.05, 0) is 35.4 Å². The van der Waals surface area contributed by atoms with Crippen molar-refractivity contribution >= 4 is 34.6 Å². The molecule has 0 aliphatic carbocycles. The van der Waals surface area contributed by atoms with Gasteiger partial charge in [-0.15, -0.1) is 0 Å². The molecule has 2 heterocycles. The Morgan fingerprint density at radius 2 is 1.48 bits per heavy atom. The van der Waals surface area contributed by atoms with Crippen LogP contribution in [0, 0.1) is 11.8 Å². The second-order valence-electron chi connectivity index (χ2n) is 12.8. The number of fused-ring (bicyclic) bond motifs is 1. The molecule has 1 saturated heterocycles. The van der Waals surface area contributed by atoms with Crippen molar-refractivity contribution < 1.29 is 23.9 Å². The number of amides is 3. The first kappa shape index (κ1) is 34.7. The minimum absolute atomic E-state index is 0.0764. The summed E-state index contributed by atoms with van der Waals surface area (Å²) < 4.78 is 6.09. The number of hydrogen-bond acceptors (Lipinski definition) is 5. The molecular formula is C37H50N4O5. The third-order valence-corrected chi connectivity index (χ3v) is 9.23. The molecule has 2 unspecified atom stereocenters. The third-order valence-electron chi connectivity index (χ3n) is 9.23. The maximum Gasteiger partial charge on any atom is 0.329 e. The summed E-state index contributed by atoms with van der Waals surface area (Å²) in [5, 5.41) is 9.74. The summed E-state index contributed by atoms with van der Waals surface area (Å²) in [5.41, 5.74) is 2.65. The van der Waals surface area contributed by atoms with E-state index in [1.54, 1.807) is 0 Å². The van der Waals surface area contributed by atoms with Crippen LogP contribution in [0.3, 0.4) is 0 Å². The molecule has 9 heteroatoms. The summed E-state index contributed by atoms with van der Waals surface area (Å²) in [6.07, 6.45) is 7.18. The van der Waals surface area contributed by atoms with Gasteiger partial charge < -0.3 is 25.7 Å². The lowest BCUT2D eigenvalue weighted by Crippen LogP contribution is -2.57. The molecule has 0 spiro atoms. The fourth-order valence-corrected chi connectivity index (χ4v) is 6.08. The molecule has 4 rings (SSSR count). The average molecular weight is 631 g/mol. The summed E-state index contributed by atoms with van der Waals surface area (Å²) in [4.78, 5) is 58.5. The number of aromatic nitrogens is 1. The Morgan fingerprint density at radius 1 is 0.783 bits per heavy atom. The highest BCUT2D eigenvalue weighted by Gasteiger charge is 2.36. The van der Waals surface area contributed by atoms with Crippen molar-refractivity contribution in [1.82, 2.24) is 20.9 Å². The second-order valence-corrected chi connectivity index (χ2v) is 12.8. The van der Waals surface area contributed by atoms with E-state index in [1.165, 1.54) is 0 Å². The summed E-state index contributed by atoms with van der Waals surface area (Å²) in [7, 11) is 0. The van der Waals surface area contributed by atoms with E-state index in [2.05, 4.69) is 27.9 Å². The monoisotopic (exact) mass is 630 g/mol. The summed E-state index contributed by atoms with van der Waals surface area (Å²) in [6.45, 7) is 7.99. The molecule has 248 valence electrons. The van der Waals surface area contributed by atoms with E-state index in [0.29, 0.717) is 6.42 Å². The van der Waals surface area contributed by atoms with Crippen LogP contribution in [0.2, 0.25) is 0 Å². The van der Waals surface area contributed by atoms with Crippen molar-refractivity contribution in [3.05, 3.63) is 71.9 Å². The molecular weight excluding hydrogens is 580 g/mol. The maximum absolute atomic E-state index is 14.0. The molecule has 46 heavy (non-hydrogen) atoms. The van der Waals surface area contributed by atoms with Gasteiger partial charge in [0.2, 0.25) is 17.7 Å². The number of cyclic esters (lactones) is 1. The lowest BCUT2D eigenvalue weighted by atomic mass is 9.93. The lowest BCUT2D eigenvalue weighted by Gasteiger charge is -2.29. The summed E-state index contributed by atoms with van der Waals surface area (Å²) in [6, 6.07) is 14.3. The molecule has 0 saturated carbocycles. The van der Waals surface area contributed by atoms with Crippen LogP contribution in [0.15, 0.2) is 60.8 Å². The van der Waals surface area contributed by atoms with Gasteiger partial charge in [0.25, 0.3) is 0 Å². The Labute approximate surface area is 272 Å². The standard InChI is InChI=1S/C37H50N4O5/c1-5-7-8-10-15-25(4)32-22-33(42)39-31(21-27-23-38-29-19-14-13-18-28(27)29)35(43)40-30(20-26-16-11-9-12-17-26)36(44)41-34(24(3)6-2)37(45)46-32/h9,11-14,16-19,23-25,30-32,34,38H,5-8,10,15,20-22H2,1-4H3,(H,39,42)(H,40,43)(H,41,44)/t24-,25?,30+,31+,32?,34-/m1/s1. The molecule has 6 atom stereocenters. The van der Waals surface area contributed by atoms with Crippen molar-refractivity contribution in [2.45, 2.75) is 110 Å². The number of carbonyl (C=O) groups is 4. The van der Waals surface area contributed by atoms with Gasteiger partial charge in [-0.3, -0.25) is 14.4 Å². The van der Waals surface area contributed by atoms with Gasteiger partial charge in [0.15, 0.2) is 0 Å². The normalized spacial score (nSPS) is 22.8. The van der Waals surface area contributed by atoms with Gasteiger partial charge in [0, 0.05) is 29.9 Å². The van der Waals surface area contributed by atoms with E-state index in [1.807, 2.05) is 81.6 Å². The molecule has 3 aromatic rings. The van der Waals surface area contributed by atoms with Crippen molar-refractivity contribution in [3.8, 4) is 0 Å². The predicted molar refractivity (Wildman–Crippen MR) is 180 cm³/mol.